The van der Waals surface area contributed by atoms with E-state index in [1.165, 1.54) is 5.06 Å². The highest BCUT2D eigenvalue weighted by Crippen LogP contribution is 2.38. The molecule has 0 aromatic carbocycles. The van der Waals surface area contributed by atoms with E-state index >= 15 is 0 Å². The summed E-state index contributed by atoms with van der Waals surface area (Å²) in [4.78, 5) is 0. The fourth-order valence-electron chi connectivity index (χ4n) is 1.61. The Morgan fingerprint density at radius 2 is 1.87 bits per heavy atom. The summed E-state index contributed by atoms with van der Waals surface area (Å²) < 4.78 is 6.28. The van der Waals surface area contributed by atoms with E-state index in [0.717, 1.165) is 13.0 Å². The molecular weight excluding hydrogens is 206 g/mol. The number of nitrogens with zero attached hydrogens (tertiary/aromatic N) is 1. The van der Waals surface area contributed by atoms with Gasteiger partial charge in [0.15, 0.2) is 8.32 Å². The Morgan fingerprint density at radius 1 is 1.33 bits per heavy atom. The summed E-state index contributed by atoms with van der Waals surface area (Å²) in [6.45, 7) is 14.0. The zero-order chi connectivity index (χ0) is 11.9. The Morgan fingerprint density at radius 3 is 2.20 bits per heavy atom. The fraction of sp³-hybridized carbons (Fsp3) is 1.00. The lowest BCUT2D eigenvalue weighted by Crippen LogP contribution is -2.46. The molecule has 1 aliphatic heterocycles. The average Bonchev–Trinajstić information content (AvgIpc) is 2.33. The van der Waals surface area contributed by atoms with Gasteiger partial charge in [-0.05, 0) is 31.5 Å². The van der Waals surface area contributed by atoms with Crippen molar-refractivity contribution in [1.82, 2.24) is 5.06 Å². The van der Waals surface area contributed by atoms with Gasteiger partial charge >= 0.3 is 0 Å². The van der Waals surface area contributed by atoms with Gasteiger partial charge in [-0.25, -0.2) is 0 Å². The molecule has 0 aromatic rings. The van der Waals surface area contributed by atoms with E-state index in [1.807, 2.05) is 6.92 Å². The molecular formula is C11H25NO2Si. The normalized spacial score (nSPS) is 29.8. The van der Waals surface area contributed by atoms with Crippen molar-refractivity contribution in [3.63, 3.8) is 0 Å². The second kappa shape index (κ2) is 4.16. The highest BCUT2D eigenvalue weighted by molar-refractivity contribution is 6.74. The van der Waals surface area contributed by atoms with Crippen molar-refractivity contribution in [2.75, 3.05) is 6.54 Å². The molecule has 0 unspecified atom stereocenters. The molecule has 0 aromatic heterocycles. The Labute approximate surface area is 94.5 Å². The monoisotopic (exact) mass is 231 g/mol. The number of hydrogen-bond acceptors (Lipinski definition) is 3. The molecule has 90 valence electrons. The Bertz CT molecular complexity index is 225. The second-order valence-corrected chi connectivity index (χ2v) is 10.9. The topological polar surface area (TPSA) is 32.7 Å². The molecule has 0 aliphatic carbocycles. The minimum atomic E-state index is -1.68. The lowest BCUT2D eigenvalue weighted by molar-refractivity contribution is -0.108. The van der Waals surface area contributed by atoms with Crippen LogP contribution in [0.3, 0.4) is 0 Å². The number of rotatable bonds is 2. The lowest BCUT2D eigenvalue weighted by atomic mass is 10.2. The molecule has 1 heterocycles. The van der Waals surface area contributed by atoms with Gasteiger partial charge in [-0.15, -0.1) is 0 Å². The van der Waals surface area contributed by atoms with E-state index in [2.05, 4.69) is 33.9 Å². The molecule has 1 N–H and O–H groups in total. The third-order valence-corrected chi connectivity index (χ3v) is 8.41. The first-order valence-electron chi connectivity index (χ1n) is 5.78. The zero-order valence-electron chi connectivity index (χ0n) is 10.9. The van der Waals surface area contributed by atoms with Crippen LogP contribution in [0.25, 0.3) is 0 Å². The summed E-state index contributed by atoms with van der Waals surface area (Å²) >= 11 is 0. The smallest absolute Gasteiger partial charge is 0.192 e. The van der Waals surface area contributed by atoms with Crippen LogP contribution in [0.5, 0.6) is 0 Å². The number of hydrogen-bond donors (Lipinski definition) is 1. The maximum atomic E-state index is 9.54. The van der Waals surface area contributed by atoms with Gasteiger partial charge in [-0.3, -0.25) is 0 Å². The molecule has 0 amide bonds. The van der Waals surface area contributed by atoms with E-state index in [0.29, 0.717) is 0 Å². The molecule has 1 fully saturated rings. The summed E-state index contributed by atoms with van der Waals surface area (Å²) in [6.07, 6.45) is 1.15. The molecule has 0 saturated carbocycles. The molecule has 1 rings (SSSR count). The number of hydroxylamine groups is 2. The molecule has 0 spiro atoms. The first kappa shape index (κ1) is 13.2. The van der Waals surface area contributed by atoms with Gasteiger partial charge in [0.05, 0.1) is 12.1 Å². The predicted octanol–water partition coefficient (Wildman–Crippen LogP) is 2.86. The van der Waals surface area contributed by atoms with E-state index in [9.17, 15) is 5.21 Å². The van der Waals surface area contributed by atoms with Gasteiger partial charge in [0.25, 0.3) is 0 Å². The van der Waals surface area contributed by atoms with Crippen molar-refractivity contribution >= 4 is 8.32 Å². The largest absolute Gasteiger partial charge is 0.412 e. The fourth-order valence-corrected chi connectivity index (χ4v) is 3.03. The van der Waals surface area contributed by atoms with Crippen LogP contribution in [0.15, 0.2) is 0 Å². The van der Waals surface area contributed by atoms with Crippen molar-refractivity contribution in [3.05, 3.63) is 0 Å². The van der Waals surface area contributed by atoms with Crippen LogP contribution in [-0.2, 0) is 4.43 Å². The van der Waals surface area contributed by atoms with E-state index in [1.54, 1.807) is 0 Å². The SMILES string of the molecule is C[C@@H]1[C@H](O[Si](C)(C)C(C)(C)C)CCN1O. The first-order chi connectivity index (χ1) is 6.65. The van der Waals surface area contributed by atoms with Crippen molar-refractivity contribution in [2.45, 2.75) is 64.4 Å². The molecule has 1 saturated heterocycles. The van der Waals surface area contributed by atoms with Crippen molar-refractivity contribution in [3.8, 4) is 0 Å². The van der Waals surface area contributed by atoms with Gasteiger partial charge in [0, 0.05) is 6.54 Å². The van der Waals surface area contributed by atoms with Crippen LogP contribution in [-0.4, -0.2) is 37.3 Å². The highest BCUT2D eigenvalue weighted by atomic mass is 28.4. The van der Waals surface area contributed by atoms with Crippen molar-refractivity contribution in [1.29, 1.82) is 0 Å². The third-order valence-electron chi connectivity index (χ3n) is 3.90. The zero-order valence-corrected chi connectivity index (χ0v) is 11.9. The lowest BCUT2D eigenvalue weighted by Gasteiger charge is -2.39. The standard InChI is InChI=1S/C11H25NO2Si/c1-9-10(7-8-12(9)13)14-15(5,6)11(2,3)4/h9-10,13H,7-8H2,1-6H3/t9-,10-/m1/s1. The second-order valence-electron chi connectivity index (χ2n) is 6.11. The molecule has 4 heteroatoms. The van der Waals surface area contributed by atoms with E-state index in [4.69, 9.17) is 4.43 Å². The summed E-state index contributed by atoms with van der Waals surface area (Å²) in [7, 11) is -1.68. The summed E-state index contributed by atoms with van der Waals surface area (Å²) in [5, 5.41) is 11.2. The summed E-state index contributed by atoms with van der Waals surface area (Å²) in [5.41, 5.74) is 0. The van der Waals surface area contributed by atoms with E-state index in [-0.39, 0.29) is 17.2 Å². The van der Waals surface area contributed by atoms with E-state index < -0.39 is 8.32 Å². The van der Waals surface area contributed by atoms with Crippen LogP contribution in [0.4, 0.5) is 0 Å². The van der Waals surface area contributed by atoms with Gasteiger partial charge < -0.3 is 9.63 Å². The van der Waals surface area contributed by atoms with Gasteiger partial charge in [-0.2, -0.15) is 5.06 Å². The van der Waals surface area contributed by atoms with Gasteiger partial charge in [-0.1, -0.05) is 20.8 Å². The predicted molar refractivity (Wildman–Crippen MR) is 64.6 cm³/mol. The quantitative estimate of drug-likeness (QED) is 0.742. The molecule has 3 nitrogen and oxygen atoms in total. The Kier molecular flexibility index (Phi) is 3.65. The van der Waals surface area contributed by atoms with Crippen molar-refractivity contribution in [2.24, 2.45) is 0 Å². The Hall–Kier alpha value is 0.0969. The summed E-state index contributed by atoms with van der Waals surface area (Å²) in [6, 6.07) is 0.138. The Balaban J connectivity index is 2.62. The van der Waals surface area contributed by atoms with Gasteiger partial charge in [0.1, 0.15) is 0 Å². The highest BCUT2D eigenvalue weighted by Gasteiger charge is 2.42. The van der Waals surface area contributed by atoms with Crippen LogP contribution in [0.1, 0.15) is 34.1 Å². The van der Waals surface area contributed by atoms with Crippen LogP contribution in [0, 0.1) is 0 Å². The average molecular weight is 231 g/mol. The minimum Gasteiger partial charge on any atom is -0.412 e. The molecule has 0 bridgehead atoms. The minimum absolute atomic E-state index is 0.138. The molecule has 0 radical (unpaired) electrons. The third kappa shape index (κ3) is 2.81. The molecule has 1 aliphatic rings. The summed E-state index contributed by atoms with van der Waals surface area (Å²) in [5.74, 6) is 0. The first-order valence-corrected chi connectivity index (χ1v) is 8.69. The maximum Gasteiger partial charge on any atom is 0.192 e. The molecule has 15 heavy (non-hydrogen) atoms. The maximum absolute atomic E-state index is 9.54. The van der Waals surface area contributed by atoms with Gasteiger partial charge in [0.2, 0.25) is 0 Å². The van der Waals surface area contributed by atoms with Crippen LogP contribution < -0.4 is 0 Å². The van der Waals surface area contributed by atoms with Crippen LogP contribution in [0.2, 0.25) is 18.1 Å². The molecule has 2 atom stereocenters. The van der Waals surface area contributed by atoms with Crippen molar-refractivity contribution < 1.29 is 9.63 Å². The van der Waals surface area contributed by atoms with Crippen LogP contribution >= 0.6 is 0 Å².